The van der Waals surface area contributed by atoms with Gasteiger partial charge in [0, 0.05) is 22.3 Å². The zero-order valence-electron chi connectivity index (χ0n) is 46.2. The Kier molecular flexibility index (Phi) is 17.3. The summed E-state index contributed by atoms with van der Waals surface area (Å²) >= 11 is 0. The third kappa shape index (κ3) is 9.82. The van der Waals surface area contributed by atoms with Crippen molar-refractivity contribution < 1.29 is 0 Å². The summed E-state index contributed by atoms with van der Waals surface area (Å²) in [5.74, 6) is 20.9. The Hall–Kier alpha value is -3.90. The predicted octanol–water partition coefficient (Wildman–Crippen LogP) is 19.2. The monoisotopic (exact) mass is 939 g/mol. The first-order valence-electron chi connectivity index (χ1n) is 26.3. The summed E-state index contributed by atoms with van der Waals surface area (Å²) in [5, 5.41) is 9.50. The first-order chi connectivity index (χ1) is 31.3. The van der Waals surface area contributed by atoms with E-state index in [1.165, 1.54) is 43.1 Å². The molecule has 0 aliphatic rings. The van der Waals surface area contributed by atoms with Crippen molar-refractivity contribution in [3.05, 3.63) is 82.9 Å². The molecule has 0 aliphatic heterocycles. The van der Waals surface area contributed by atoms with Gasteiger partial charge in [-0.15, -0.1) is 22.5 Å². The van der Waals surface area contributed by atoms with E-state index in [0.717, 1.165) is 22.3 Å². The van der Waals surface area contributed by atoms with Crippen molar-refractivity contribution in [2.75, 3.05) is 0 Å². The second-order valence-corrected chi connectivity index (χ2v) is 40.5. The van der Waals surface area contributed by atoms with Crippen molar-refractivity contribution in [2.24, 2.45) is 0 Å². The molecular formula is C63H87BSi3. The van der Waals surface area contributed by atoms with Gasteiger partial charge in [-0.25, -0.2) is 0 Å². The summed E-state index contributed by atoms with van der Waals surface area (Å²) in [6, 6.07) is 23.0. The van der Waals surface area contributed by atoms with E-state index in [1.54, 1.807) is 0 Å². The minimum absolute atomic E-state index is 0.268. The Morgan fingerprint density at radius 2 is 0.507 bits per heavy atom. The average molecular weight is 939 g/mol. The van der Waals surface area contributed by atoms with Crippen molar-refractivity contribution in [2.45, 2.75) is 214 Å². The highest BCUT2D eigenvalue weighted by atomic mass is 28.3. The molecule has 0 heterocycles. The molecule has 0 amide bonds. The maximum atomic E-state index is 4.21. The Morgan fingerprint density at radius 3 is 0.701 bits per heavy atom. The fraction of sp³-hybridized carbons (Fsp3) is 0.524. The van der Waals surface area contributed by atoms with Crippen LogP contribution in [0.3, 0.4) is 0 Å². The maximum absolute atomic E-state index is 4.21. The summed E-state index contributed by atoms with van der Waals surface area (Å²) in [4.78, 5) is 0. The van der Waals surface area contributed by atoms with Gasteiger partial charge in [-0.1, -0.05) is 236 Å². The molecule has 0 saturated heterocycles. The van der Waals surface area contributed by atoms with Crippen LogP contribution in [-0.2, 0) is 0 Å². The molecule has 0 aliphatic carbocycles. The molecule has 0 unspecified atom stereocenters. The lowest BCUT2D eigenvalue weighted by atomic mass is 9.36. The van der Waals surface area contributed by atoms with Crippen LogP contribution in [-0.4, -0.2) is 30.9 Å². The molecule has 0 fully saturated rings. The first-order valence-corrected chi connectivity index (χ1v) is 33.0. The van der Waals surface area contributed by atoms with Gasteiger partial charge in [0.1, 0.15) is 24.2 Å². The van der Waals surface area contributed by atoms with E-state index in [2.05, 4.69) is 259 Å². The topological polar surface area (TPSA) is 0 Å². The number of benzene rings is 5. The van der Waals surface area contributed by atoms with E-state index in [-0.39, 0.29) is 6.71 Å². The molecule has 0 aromatic heterocycles. The molecule has 0 atom stereocenters. The highest BCUT2D eigenvalue weighted by Gasteiger charge is 2.44. The molecule has 0 bridgehead atoms. The fourth-order valence-electron chi connectivity index (χ4n) is 13.5. The molecule has 4 heteroatoms. The normalized spacial score (nSPS) is 12.7. The predicted molar refractivity (Wildman–Crippen MR) is 313 cm³/mol. The van der Waals surface area contributed by atoms with Gasteiger partial charge in [0.2, 0.25) is 6.71 Å². The highest BCUT2D eigenvalue weighted by molar-refractivity contribution is 6.91. The summed E-state index contributed by atoms with van der Waals surface area (Å²) in [6.07, 6.45) is 0. The second kappa shape index (κ2) is 21.4. The second-order valence-electron chi connectivity index (χ2n) is 23.8. The molecule has 5 aromatic rings. The molecule has 5 rings (SSSR count). The molecule has 0 nitrogen and oxygen atoms in total. The molecule has 5 aromatic carbocycles. The molecule has 0 radical (unpaired) electrons. The zero-order valence-corrected chi connectivity index (χ0v) is 49.2. The molecule has 0 saturated carbocycles. The number of fused-ring (bicyclic) bond motifs is 4. The van der Waals surface area contributed by atoms with Crippen LogP contribution in [0.15, 0.2) is 60.7 Å². The first kappa shape index (κ1) is 54.0. The third-order valence-electron chi connectivity index (χ3n) is 16.8. The SMILES string of the molecule is CC(C)B(C#Cc1c2ccccc2c(C#C[Si](C(C)C)(C(C)C)C(C)C)c2cc3c(C#C[Si](C(C)C)(C(C)C)C(C)C)c4ccccc4c(C#C[Si](C(C)C)(C(C)C)C(C)C)c3cc12)C(C)C. The van der Waals surface area contributed by atoms with E-state index in [0.29, 0.717) is 61.5 Å². The minimum Gasteiger partial charge on any atom is -0.149 e. The largest absolute Gasteiger partial charge is 0.237 e. The van der Waals surface area contributed by atoms with E-state index in [4.69, 9.17) is 0 Å². The fourth-order valence-corrected chi connectivity index (χ4v) is 29.1. The van der Waals surface area contributed by atoms with Crippen molar-refractivity contribution in [1.29, 1.82) is 0 Å². The summed E-state index contributed by atoms with van der Waals surface area (Å²) in [5.41, 5.74) is 21.8. The van der Waals surface area contributed by atoms with E-state index in [1.807, 2.05) is 0 Å². The van der Waals surface area contributed by atoms with Gasteiger partial charge in [0.05, 0.1) is 0 Å². The maximum Gasteiger partial charge on any atom is 0.237 e. The summed E-state index contributed by atoms with van der Waals surface area (Å²) < 4.78 is 0. The standard InChI is InChI=1S/C63H87BSi3/c1-41(2)64(42(3)4)35-31-56-52-27-23-24-28-53(52)57(32-36-65(43(5)6,44(7)8)45(9)10)61-40-63-59(34-38-67(49(17)18,50(19)20)51(21)22)55-30-26-25-29-54(55)58(62(63)39-60(56)61)33-37-66(46(11)12,47(13)14)48(15)16/h23-30,39-51H,1-22H3. The molecule has 354 valence electrons. The van der Waals surface area contributed by atoms with Gasteiger partial charge in [-0.2, -0.15) is 0 Å². The van der Waals surface area contributed by atoms with Crippen LogP contribution >= 0.6 is 0 Å². The number of hydrogen-bond acceptors (Lipinski definition) is 0. The van der Waals surface area contributed by atoms with Gasteiger partial charge in [0.15, 0.2) is 0 Å². The third-order valence-corrected chi connectivity index (χ3v) is 35.6. The molecule has 67 heavy (non-hydrogen) atoms. The molecule has 0 N–H and O–H groups in total. The van der Waals surface area contributed by atoms with Crippen LogP contribution < -0.4 is 0 Å². The van der Waals surface area contributed by atoms with Crippen LogP contribution in [0.1, 0.15) is 175 Å². The Bertz CT molecular complexity index is 2780. The van der Waals surface area contributed by atoms with Crippen molar-refractivity contribution in [3.63, 3.8) is 0 Å². The number of rotatable bonds is 11. The number of hydrogen-bond donors (Lipinski definition) is 0. The van der Waals surface area contributed by atoms with Gasteiger partial charge in [-0.3, -0.25) is 0 Å². The zero-order chi connectivity index (χ0) is 50.1. The Labute approximate surface area is 414 Å². The Morgan fingerprint density at radius 1 is 0.299 bits per heavy atom. The Balaban J connectivity index is 2.22. The molecular weight excluding hydrogens is 852 g/mol. The van der Waals surface area contributed by atoms with Crippen molar-refractivity contribution >= 4 is 74.0 Å². The van der Waals surface area contributed by atoms with Crippen LogP contribution in [0.25, 0.3) is 43.1 Å². The minimum atomic E-state index is -2.11. The van der Waals surface area contributed by atoms with Crippen LogP contribution in [0.5, 0.6) is 0 Å². The van der Waals surface area contributed by atoms with Gasteiger partial charge < -0.3 is 0 Å². The summed E-state index contributed by atoms with van der Waals surface area (Å²) in [7, 11) is -6.33. The van der Waals surface area contributed by atoms with Gasteiger partial charge >= 0.3 is 0 Å². The average Bonchev–Trinajstić information content (AvgIpc) is 3.23. The van der Waals surface area contributed by atoms with Gasteiger partial charge in [-0.05, 0) is 105 Å². The van der Waals surface area contributed by atoms with Crippen molar-refractivity contribution in [3.8, 4) is 46.1 Å². The van der Waals surface area contributed by atoms with Crippen LogP contribution in [0.4, 0.5) is 0 Å². The lowest BCUT2D eigenvalue weighted by molar-refractivity contribution is 0.838. The van der Waals surface area contributed by atoms with Crippen LogP contribution in [0, 0.1) is 46.1 Å². The van der Waals surface area contributed by atoms with Crippen molar-refractivity contribution in [1.82, 2.24) is 0 Å². The lowest BCUT2D eigenvalue weighted by Gasteiger charge is -2.38. The van der Waals surface area contributed by atoms with Crippen LogP contribution in [0.2, 0.25) is 61.5 Å². The molecule has 0 spiro atoms. The quantitative estimate of drug-likeness (QED) is 0.0703. The van der Waals surface area contributed by atoms with E-state index >= 15 is 0 Å². The van der Waals surface area contributed by atoms with Gasteiger partial charge in [0.25, 0.3) is 0 Å². The smallest absolute Gasteiger partial charge is 0.149 e. The summed E-state index contributed by atoms with van der Waals surface area (Å²) in [6.45, 7) is 53.2. The highest BCUT2D eigenvalue weighted by Crippen LogP contribution is 2.46. The van der Waals surface area contributed by atoms with E-state index in [9.17, 15) is 0 Å². The lowest BCUT2D eigenvalue weighted by Crippen LogP contribution is -2.43. The van der Waals surface area contributed by atoms with E-state index < -0.39 is 24.2 Å².